The molecule has 0 spiro atoms. The summed E-state index contributed by atoms with van der Waals surface area (Å²) in [6.45, 7) is 6.53. The van der Waals surface area contributed by atoms with Gasteiger partial charge in [-0.15, -0.1) is 0 Å². The van der Waals surface area contributed by atoms with Crippen molar-refractivity contribution in [2.24, 2.45) is 0 Å². The summed E-state index contributed by atoms with van der Waals surface area (Å²) in [6, 6.07) is 17.3. The van der Waals surface area contributed by atoms with Crippen LogP contribution in [-0.4, -0.2) is 80.5 Å². The fraction of sp³-hybridized carbons (Fsp3) is 0.391. The summed E-state index contributed by atoms with van der Waals surface area (Å²) in [5, 5.41) is 0.754. The second-order valence-electron chi connectivity index (χ2n) is 7.90. The van der Waals surface area contributed by atoms with Gasteiger partial charge in [0.1, 0.15) is 0 Å². The number of piperazine rings is 2. The van der Waals surface area contributed by atoms with Crippen molar-refractivity contribution in [1.29, 1.82) is 0 Å². The standard InChI is InChI=1S/C23H27ClN4O2/c24-20-8-4-5-9-21(20)26-14-16-27(17-15-26)22(29)18-25-10-12-28(13-11-25)23(30)19-6-2-1-3-7-19/h1-9H,10-18H2/p+1. The van der Waals surface area contributed by atoms with E-state index < -0.39 is 0 Å². The average molecular weight is 428 g/mol. The molecule has 7 heteroatoms. The molecule has 4 rings (SSSR count). The topological polar surface area (TPSA) is 48.3 Å². The number of nitrogens with zero attached hydrogens (tertiary/aromatic N) is 3. The number of quaternary nitrogens is 1. The van der Waals surface area contributed by atoms with E-state index >= 15 is 0 Å². The summed E-state index contributed by atoms with van der Waals surface area (Å²) in [5.41, 5.74) is 1.77. The molecule has 0 aliphatic carbocycles. The molecule has 2 amide bonds. The SMILES string of the molecule is O=C(C[NH+]1CCN(C(=O)c2ccccc2)CC1)N1CCN(c2ccccc2Cl)CC1. The quantitative estimate of drug-likeness (QED) is 0.792. The number of halogens is 1. The van der Waals surface area contributed by atoms with Gasteiger partial charge in [-0.3, -0.25) is 9.59 Å². The zero-order valence-corrected chi connectivity index (χ0v) is 17.9. The number of anilines is 1. The van der Waals surface area contributed by atoms with E-state index in [4.69, 9.17) is 11.6 Å². The molecular formula is C23H28ClN4O2+. The van der Waals surface area contributed by atoms with Crippen LogP contribution in [0.25, 0.3) is 0 Å². The zero-order valence-electron chi connectivity index (χ0n) is 17.1. The van der Waals surface area contributed by atoms with Gasteiger partial charge in [-0.05, 0) is 24.3 Å². The van der Waals surface area contributed by atoms with Gasteiger partial charge >= 0.3 is 0 Å². The molecule has 0 saturated carbocycles. The zero-order chi connectivity index (χ0) is 20.9. The predicted octanol–water partition coefficient (Wildman–Crippen LogP) is 1.03. The van der Waals surface area contributed by atoms with E-state index in [1.54, 1.807) is 0 Å². The van der Waals surface area contributed by atoms with E-state index in [-0.39, 0.29) is 11.8 Å². The Morgan fingerprint density at radius 1 is 0.800 bits per heavy atom. The van der Waals surface area contributed by atoms with E-state index in [0.29, 0.717) is 19.6 Å². The average Bonchev–Trinajstić information content (AvgIpc) is 2.80. The second kappa shape index (κ2) is 9.49. The van der Waals surface area contributed by atoms with Crippen LogP contribution in [-0.2, 0) is 4.79 Å². The largest absolute Gasteiger partial charge is 0.367 e. The van der Waals surface area contributed by atoms with Crippen molar-refractivity contribution in [3.8, 4) is 0 Å². The Morgan fingerprint density at radius 3 is 2.10 bits per heavy atom. The monoisotopic (exact) mass is 427 g/mol. The molecule has 1 N–H and O–H groups in total. The molecule has 2 aliphatic heterocycles. The minimum Gasteiger partial charge on any atom is -0.367 e. The minimum atomic E-state index is 0.0803. The van der Waals surface area contributed by atoms with Crippen molar-refractivity contribution in [1.82, 2.24) is 9.80 Å². The number of rotatable bonds is 4. The molecule has 2 aliphatic rings. The Morgan fingerprint density at radius 2 is 1.43 bits per heavy atom. The third-order valence-corrected chi connectivity index (χ3v) is 6.32. The Kier molecular flexibility index (Phi) is 6.55. The highest BCUT2D eigenvalue weighted by Gasteiger charge is 2.29. The minimum absolute atomic E-state index is 0.0803. The molecule has 2 saturated heterocycles. The Labute approximate surface area is 182 Å². The number of hydrogen-bond donors (Lipinski definition) is 1. The summed E-state index contributed by atoms with van der Waals surface area (Å²) >= 11 is 6.30. The Hall–Kier alpha value is -2.57. The molecule has 0 aromatic heterocycles. The molecule has 0 bridgehead atoms. The fourth-order valence-corrected chi connectivity index (χ4v) is 4.45. The predicted molar refractivity (Wildman–Crippen MR) is 118 cm³/mol. The van der Waals surface area contributed by atoms with Crippen LogP contribution in [0.5, 0.6) is 0 Å². The van der Waals surface area contributed by atoms with E-state index in [0.717, 1.165) is 55.5 Å². The molecule has 2 aromatic carbocycles. The maximum absolute atomic E-state index is 12.8. The third-order valence-electron chi connectivity index (χ3n) is 6.01. The molecule has 2 heterocycles. The smallest absolute Gasteiger partial charge is 0.277 e. The molecule has 0 unspecified atom stereocenters. The van der Waals surface area contributed by atoms with Gasteiger partial charge in [-0.25, -0.2) is 0 Å². The van der Waals surface area contributed by atoms with E-state index in [1.807, 2.05) is 64.4 Å². The van der Waals surface area contributed by atoms with Crippen molar-refractivity contribution in [2.75, 3.05) is 63.8 Å². The van der Waals surface area contributed by atoms with Crippen LogP contribution in [0.15, 0.2) is 54.6 Å². The molecule has 30 heavy (non-hydrogen) atoms. The maximum Gasteiger partial charge on any atom is 0.277 e. The second-order valence-corrected chi connectivity index (χ2v) is 8.31. The number of hydrogen-bond acceptors (Lipinski definition) is 3. The van der Waals surface area contributed by atoms with Crippen molar-refractivity contribution in [2.45, 2.75) is 0 Å². The lowest BCUT2D eigenvalue weighted by molar-refractivity contribution is -0.896. The van der Waals surface area contributed by atoms with Crippen LogP contribution in [0, 0.1) is 0 Å². The van der Waals surface area contributed by atoms with Crippen molar-refractivity contribution < 1.29 is 14.5 Å². The molecule has 158 valence electrons. The van der Waals surface area contributed by atoms with Crippen LogP contribution in [0.2, 0.25) is 5.02 Å². The van der Waals surface area contributed by atoms with E-state index in [9.17, 15) is 9.59 Å². The van der Waals surface area contributed by atoms with Crippen LogP contribution in [0.1, 0.15) is 10.4 Å². The number of carbonyl (C=O) groups excluding carboxylic acids is 2. The van der Waals surface area contributed by atoms with Gasteiger partial charge < -0.3 is 19.6 Å². The summed E-state index contributed by atoms with van der Waals surface area (Å²) in [6.07, 6.45) is 0. The molecule has 0 radical (unpaired) electrons. The van der Waals surface area contributed by atoms with E-state index in [2.05, 4.69) is 4.90 Å². The molecular weight excluding hydrogens is 400 g/mol. The number of amides is 2. The lowest BCUT2D eigenvalue weighted by atomic mass is 10.2. The highest BCUT2D eigenvalue weighted by molar-refractivity contribution is 6.33. The van der Waals surface area contributed by atoms with Crippen LogP contribution < -0.4 is 9.80 Å². The Balaban J connectivity index is 1.23. The van der Waals surface area contributed by atoms with Gasteiger partial charge in [0.2, 0.25) is 0 Å². The lowest BCUT2D eigenvalue weighted by Gasteiger charge is -2.37. The summed E-state index contributed by atoms with van der Waals surface area (Å²) in [4.78, 5) is 32.7. The van der Waals surface area contributed by atoms with Crippen molar-refractivity contribution in [3.05, 3.63) is 65.2 Å². The van der Waals surface area contributed by atoms with Crippen LogP contribution >= 0.6 is 11.6 Å². The summed E-state index contributed by atoms with van der Waals surface area (Å²) in [5.74, 6) is 0.281. The van der Waals surface area contributed by atoms with Gasteiger partial charge in [-0.1, -0.05) is 41.9 Å². The molecule has 2 aromatic rings. The van der Waals surface area contributed by atoms with Crippen LogP contribution in [0.4, 0.5) is 5.69 Å². The fourth-order valence-electron chi connectivity index (χ4n) is 4.20. The highest BCUT2D eigenvalue weighted by Crippen LogP contribution is 2.25. The highest BCUT2D eigenvalue weighted by atomic mass is 35.5. The third kappa shape index (κ3) is 4.77. The van der Waals surface area contributed by atoms with Crippen LogP contribution in [0.3, 0.4) is 0 Å². The first-order valence-corrected chi connectivity index (χ1v) is 10.9. The first-order valence-electron chi connectivity index (χ1n) is 10.6. The van der Waals surface area contributed by atoms with Crippen molar-refractivity contribution in [3.63, 3.8) is 0 Å². The molecule has 2 fully saturated rings. The first kappa shape index (κ1) is 20.7. The lowest BCUT2D eigenvalue weighted by Crippen LogP contribution is -3.15. The van der Waals surface area contributed by atoms with Gasteiger partial charge in [0.15, 0.2) is 6.54 Å². The number of benzene rings is 2. The van der Waals surface area contributed by atoms with Crippen molar-refractivity contribution >= 4 is 29.1 Å². The summed E-state index contributed by atoms with van der Waals surface area (Å²) in [7, 11) is 0. The normalized spacial score (nSPS) is 17.8. The number of nitrogens with one attached hydrogen (secondary N) is 1. The van der Waals surface area contributed by atoms with Gasteiger partial charge in [-0.2, -0.15) is 0 Å². The Bertz CT molecular complexity index is 876. The first-order chi connectivity index (χ1) is 14.6. The molecule has 0 atom stereocenters. The van der Waals surface area contributed by atoms with Gasteiger partial charge in [0.05, 0.1) is 36.9 Å². The number of para-hydroxylation sites is 1. The van der Waals surface area contributed by atoms with E-state index in [1.165, 1.54) is 4.90 Å². The van der Waals surface area contributed by atoms with Gasteiger partial charge in [0, 0.05) is 31.7 Å². The number of carbonyl (C=O) groups is 2. The molecule has 6 nitrogen and oxygen atoms in total. The maximum atomic E-state index is 12.8. The summed E-state index contributed by atoms with van der Waals surface area (Å²) < 4.78 is 0. The van der Waals surface area contributed by atoms with Gasteiger partial charge in [0.25, 0.3) is 11.8 Å².